The van der Waals surface area contributed by atoms with Gasteiger partial charge in [0.05, 0.1) is 12.5 Å². The van der Waals surface area contributed by atoms with Gasteiger partial charge in [-0.15, -0.1) is 0 Å². The summed E-state index contributed by atoms with van der Waals surface area (Å²) in [6.07, 6.45) is -4.01. The Balaban J connectivity index is 0. The highest BCUT2D eigenvalue weighted by Crippen LogP contribution is 2.51. The second-order valence-electron chi connectivity index (χ2n) is 5.72. The minimum absolute atomic E-state index is 0.271. The predicted octanol–water partition coefficient (Wildman–Crippen LogP) is 4.38. The standard InChI is InChI=1S/2C6H15OPS/c2*1-5(2)8(7,9)6(3)4/h2*5-6H,1-4H3,(H,7,9). The molecule has 0 aliphatic heterocycles. The second kappa shape index (κ2) is 8.49. The Morgan fingerprint density at radius 2 is 0.667 bits per heavy atom. The van der Waals surface area contributed by atoms with Gasteiger partial charge in [-0.05, 0) is 0 Å². The molecule has 2 nitrogen and oxygen atoms in total. The molecule has 0 saturated carbocycles. The summed E-state index contributed by atoms with van der Waals surface area (Å²) in [6, 6.07) is 0. The number of hydrogen-bond acceptors (Lipinski definition) is 2. The summed E-state index contributed by atoms with van der Waals surface area (Å²) in [5.41, 5.74) is 1.08. The fourth-order valence-corrected chi connectivity index (χ4v) is 3.58. The maximum absolute atomic E-state index is 9.59. The fraction of sp³-hybridized carbons (Fsp3) is 1.00. The molecule has 0 bridgehead atoms. The molecule has 0 saturated heterocycles. The van der Waals surface area contributed by atoms with Crippen molar-refractivity contribution in [1.29, 1.82) is 0 Å². The van der Waals surface area contributed by atoms with E-state index in [0.717, 1.165) is 0 Å². The van der Waals surface area contributed by atoms with Crippen LogP contribution in [-0.4, -0.2) is 32.4 Å². The normalized spacial score (nSPS) is 13.2. The van der Waals surface area contributed by atoms with Gasteiger partial charge in [-0.1, -0.05) is 79.0 Å². The van der Waals surface area contributed by atoms with Gasteiger partial charge in [0.2, 0.25) is 0 Å². The van der Waals surface area contributed by atoms with E-state index in [1.165, 1.54) is 0 Å². The number of hydrogen-bond donors (Lipinski definition) is 2. The third-order valence-electron chi connectivity index (χ3n) is 2.96. The van der Waals surface area contributed by atoms with E-state index in [1.54, 1.807) is 0 Å². The molecule has 0 unspecified atom stereocenters. The lowest BCUT2D eigenvalue weighted by atomic mass is 10.5. The molecule has 0 aromatic carbocycles. The lowest BCUT2D eigenvalue weighted by Crippen LogP contribution is -2.06. The lowest BCUT2D eigenvalue weighted by molar-refractivity contribution is 0.597. The fourth-order valence-electron chi connectivity index (χ4n) is 1.19. The van der Waals surface area contributed by atoms with Crippen LogP contribution < -0.4 is 0 Å². The zero-order chi connectivity index (χ0) is 15.3. The van der Waals surface area contributed by atoms with Gasteiger partial charge in [0.25, 0.3) is 0 Å². The van der Waals surface area contributed by atoms with Gasteiger partial charge >= 0.3 is 0 Å². The van der Waals surface area contributed by atoms with Crippen LogP contribution in [0.4, 0.5) is 0 Å². The Morgan fingerprint density at radius 1 is 0.556 bits per heavy atom. The van der Waals surface area contributed by atoms with Gasteiger partial charge in [0.1, 0.15) is 0 Å². The maximum Gasteiger partial charge on any atom is 0.0684 e. The molecule has 0 amide bonds. The molecule has 18 heavy (non-hydrogen) atoms. The predicted molar refractivity (Wildman–Crippen MR) is 93.6 cm³/mol. The molecule has 6 heteroatoms. The van der Waals surface area contributed by atoms with Crippen LogP contribution in [0.2, 0.25) is 0 Å². The SMILES string of the molecule is CC(C)P(O)(=S)C(C)C.CC(C)P(O)(=S)C(C)C. The van der Waals surface area contributed by atoms with Crippen LogP contribution in [0.15, 0.2) is 0 Å². The van der Waals surface area contributed by atoms with E-state index >= 15 is 0 Å². The minimum atomic E-state index is -2.00. The van der Waals surface area contributed by atoms with E-state index in [4.69, 9.17) is 23.6 Å². The smallest absolute Gasteiger partial charge is 0.0684 e. The first kappa shape index (κ1) is 21.5. The molecule has 112 valence electrons. The highest BCUT2D eigenvalue weighted by molar-refractivity contribution is 8.12. The average molecular weight is 332 g/mol. The molecule has 2 N–H and O–H groups in total. The van der Waals surface area contributed by atoms with Crippen LogP contribution in [0.3, 0.4) is 0 Å². The summed E-state index contributed by atoms with van der Waals surface area (Å²) in [4.78, 5) is 19.2. The summed E-state index contributed by atoms with van der Waals surface area (Å²) >= 11 is 10.1. The Morgan fingerprint density at radius 3 is 0.667 bits per heavy atom. The topological polar surface area (TPSA) is 40.5 Å². The Bertz CT molecular complexity index is 270. The molecule has 0 rings (SSSR count). The molecule has 0 spiro atoms. The van der Waals surface area contributed by atoms with Gasteiger partial charge in [-0.3, -0.25) is 0 Å². The molecule has 0 aliphatic carbocycles. The molecule has 0 aromatic heterocycles. The molecular weight excluding hydrogens is 302 g/mol. The van der Waals surface area contributed by atoms with Crippen molar-refractivity contribution < 1.29 is 9.79 Å². The Hall–Kier alpha value is 1.22. The minimum Gasteiger partial charge on any atom is -0.365 e. The lowest BCUT2D eigenvalue weighted by Gasteiger charge is -2.23. The quantitative estimate of drug-likeness (QED) is 0.750. The van der Waals surface area contributed by atoms with Crippen LogP contribution in [0.1, 0.15) is 55.4 Å². The van der Waals surface area contributed by atoms with Crippen molar-refractivity contribution in [2.75, 3.05) is 0 Å². The van der Waals surface area contributed by atoms with Crippen LogP contribution in [0.25, 0.3) is 0 Å². The van der Waals surface area contributed by atoms with Crippen molar-refractivity contribution in [1.82, 2.24) is 0 Å². The van der Waals surface area contributed by atoms with E-state index < -0.39 is 12.5 Å². The van der Waals surface area contributed by atoms with Gasteiger partial charge in [0.15, 0.2) is 0 Å². The van der Waals surface area contributed by atoms with E-state index in [0.29, 0.717) is 0 Å². The summed E-state index contributed by atoms with van der Waals surface area (Å²) in [6.45, 7) is 15.9. The third-order valence-corrected chi connectivity index (χ3v) is 13.9. The van der Waals surface area contributed by atoms with Crippen LogP contribution >= 0.6 is 12.5 Å². The van der Waals surface area contributed by atoms with Gasteiger partial charge in [-0.2, -0.15) is 0 Å². The highest BCUT2D eigenvalue weighted by Gasteiger charge is 2.21. The Kier molecular flexibility index (Phi) is 10.2. The summed E-state index contributed by atoms with van der Waals surface area (Å²) < 4.78 is 0. The first-order valence-electron chi connectivity index (χ1n) is 6.42. The van der Waals surface area contributed by atoms with Crippen molar-refractivity contribution >= 4 is 36.1 Å². The third kappa shape index (κ3) is 7.12. The average Bonchev–Trinajstić information content (AvgIpc) is 2.17. The van der Waals surface area contributed by atoms with Crippen LogP contribution in [0.5, 0.6) is 0 Å². The van der Waals surface area contributed by atoms with Crippen LogP contribution in [-0.2, 0) is 23.6 Å². The first-order chi connectivity index (χ1) is 7.77. The summed E-state index contributed by atoms with van der Waals surface area (Å²) in [7, 11) is 0. The van der Waals surface area contributed by atoms with Crippen molar-refractivity contribution in [3.63, 3.8) is 0 Å². The zero-order valence-corrected chi connectivity index (χ0v) is 16.3. The summed E-state index contributed by atoms with van der Waals surface area (Å²) in [5, 5.41) is 0. The molecule has 0 heterocycles. The number of rotatable bonds is 4. The molecular formula is C12H30O2P2S2. The molecule has 0 fully saturated rings. The molecule has 0 radical (unpaired) electrons. The van der Waals surface area contributed by atoms with Crippen molar-refractivity contribution in [3.05, 3.63) is 0 Å². The van der Waals surface area contributed by atoms with E-state index in [-0.39, 0.29) is 22.6 Å². The molecule has 0 aliphatic rings. The van der Waals surface area contributed by atoms with Crippen molar-refractivity contribution in [3.8, 4) is 0 Å². The molecule has 0 atom stereocenters. The van der Waals surface area contributed by atoms with Gasteiger partial charge in [0, 0.05) is 22.6 Å². The summed E-state index contributed by atoms with van der Waals surface area (Å²) in [5.74, 6) is 0. The largest absolute Gasteiger partial charge is 0.365 e. The second-order valence-corrected chi connectivity index (χ2v) is 16.1. The monoisotopic (exact) mass is 332 g/mol. The van der Waals surface area contributed by atoms with E-state index in [1.807, 2.05) is 55.4 Å². The van der Waals surface area contributed by atoms with E-state index in [9.17, 15) is 9.79 Å². The highest BCUT2D eigenvalue weighted by atomic mass is 32.4. The zero-order valence-electron chi connectivity index (χ0n) is 12.9. The van der Waals surface area contributed by atoms with Crippen molar-refractivity contribution in [2.24, 2.45) is 0 Å². The Labute approximate surface area is 124 Å². The van der Waals surface area contributed by atoms with Crippen LogP contribution in [0, 0.1) is 0 Å². The first-order valence-corrected chi connectivity index (χ1v) is 12.2. The maximum atomic E-state index is 9.59. The molecule has 0 aromatic rings. The van der Waals surface area contributed by atoms with Crippen molar-refractivity contribution in [2.45, 2.75) is 78.0 Å². The van der Waals surface area contributed by atoms with E-state index in [2.05, 4.69) is 0 Å². The van der Waals surface area contributed by atoms with Gasteiger partial charge in [-0.25, -0.2) is 0 Å². The van der Waals surface area contributed by atoms with Gasteiger partial charge < -0.3 is 9.79 Å².